The monoisotopic (exact) mass is 270 g/mol. The van der Waals surface area contributed by atoms with E-state index in [9.17, 15) is 9.59 Å². The Morgan fingerprint density at radius 3 is 2.32 bits per heavy atom. The number of carbonyl (C=O) groups is 2. The summed E-state index contributed by atoms with van der Waals surface area (Å²) >= 11 is 0. The number of amides is 2. The van der Waals surface area contributed by atoms with Crippen LogP contribution >= 0.6 is 0 Å². The fraction of sp³-hybridized carbons (Fsp3) is 0.857. The molecule has 0 bridgehead atoms. The van der Waals surface area contributed by atoms with Crippen LogP contribution in [0, 0.1) is 5.92 Å². The highest BCUT2D eigenvalue weighted by Crippen LogP contribution is 2.13. The van der Waals surface area contributed by atoms with Gasteiger partial charge in [0, 0.05) is 31.5 Å². The first-order chi connectivity index (χ1) is 8.90. The number of carbonyl (C=O) groups excluding carboxylic acids is 2. The molecule has 0 aromatic rings. The number of aliphatic hydroxyl groups excluding tert-OH is 1. The van der Waals surface area contributed by atoms with Crippen molar-refractivity contribution in [2.45, 2.75) is 58.6 Å². The topological polar surface area (TPSA) is 69.6 Å². The molecule has 0 aliphatic carbocycles. The number of hydrogen-bond donors (Lipinski definition) is 2. The van der Waals surface area contributed by atoms with E-state index in [0.29, 0.717) is 12.8 Å². The number of nitrogens with zero attached hydrogens (tertiary/aromatic N) is 1. The second kappa shape index (κ2) is 7.48. The molecule has 2 amide bonds. The third-order valence-corrected chi connectivity index (χ3v) is 3.45. The fourth-order valence-corrected chi connectivity index (χ4v) is 2.25. The maximum atomic E-state index is 11.8. The van der Waals surface area contributed by atoms with E-state index in [4.69, 9.17) is 5.11 Å². The van der Waals surface area contributed by atoms with E-state index in [1.54, 1.807) is 6.92 Å². The summed E-state index contributed by atoms with van der Waals surface area (Å²) in [5.74, 6) is 0.227. The summed E-state index contributed by atoms with van der Waals surface area (Å²) in [5, 5.41) is 12.1. The van der Waals surface area contributed by atoms with Crippen molar-refractivity contribution in [3.63, 3.8) is 0 Å². The first-order valence-electron chi connectivity index (χ1n) is 7.16. The molecule has 1 heterocycles. The molecule has 1 fully saturated rings. The summed E-state index contributed by atoms with van der Waals surface area (Å²) in [6.45, 7) is 6.94. The zero-order valence-electron chi connectivity index (χ0n) is 12.2. The van der Waals surface area contributed by atoms with Crippen molar-refractivity contribution in [1.29, 1.82) is 0 Å². The van der Waals surface area contributed by atoms with Crippen LogP contribution in [0.1, 0.15) is 46.5 Å². The highest BCUT2D eigenvalue weighted by Gasteiger charge is 2.24. The second-order valence-corrected chi connectivity index (χ2v) is 5.71. The van der Waals surface area contributed by atoms with Gasteiger partial charge in [-0.1, -0.05) is 13.8 Å². The maximum Gasteiger partial charge on any atom is 0.225 e. The lowest BCUT2D eigenvalue weighted by atomic mass is 10.0. The quantitative estimate of drug-likeness (QED) is 0.780. The van der Waals surface area contributed by atoms with E-state index in [2.05, 4.69) is 5.32 Å². The Morgan fingerprint density at radius 1 is 1.26 bits per heavy atom. The smallest absolute Gasteiger partial charge is 0.225 e. The Hall–Kier alpha value is -1.10. The van der Waals surface area contributed by atoms with E-state index in [-0.39, 0.29) is 23.8 Å². The Kier molecular flexibility index (Phi) is 6.28. The number of aliphatic hydroxyl groups is 1. The summed E-state index contributed by atoms with van der Waals surface area (Å²) in [5.41, 5.74) is 0. The van der Waals surface area contributed by atoms with E-state index in [0.717, 1.165) is 25.9 Å². The first kappa shape index (κ1) is 16.0. The van der Waals surface area contributed by atoms with Crippen LogP contribution in [0.2, 0.25) is 0 Å². The van der Waals surface area contributed by atoms with Gasteiger partial charge >= 0.3 is 0 Å². The number of piperidine rings is 1. The average Bonchev–Trinajstić information content (AvgIpc) is 2.36. The highest BCUT2D eigenvalue weighted by molar-refractivity contribution is 5.78. The minimum absolute atomic E-state index is 0.00506. The summed E-state index contributed by atoms with van der Waals surface area (Å²) in [7, 11) is 0. The van der Waals surface area contributed by atoms with Gasteiger partial charge in [0.05, 0.1) is 6.10 Å². The number of likely N-dealkylation sites (tertiary alicyclic amines) is 1. The number of hydrogen-bond acceptors (Lipinski definition) is 3. The molecular formula is C14H26N2O3. The van der Waals surface area contributed by atoms with Crippen molar-refractivity contribution >= 4 is 11.8 Å². The van der Waals surface area contributed by atoms with Crippen LogP contribution in [-0.4, -0.2) is 47.1 Å². The molecule has 0 aromatic heterocycles. The number of rotatable bonds is 5. The molecular weight excluding hydrogens is 244 g/mol. The third kappa shape index (κ3) is 5.59. The first-order valence-corrected chi connectivity index (χ1v) is 7.16. The lowest BCUT2D eigenvalue weighted by Gasteiger charge is -2.33. The molecule has 1 rings (SSSR count). The van der Waals surface area contributed by atoms with Gasteiger partial charge in [-0.25, -0.2) is 0 Å². The van der Waals surface area contributed by atoms with E-state index >= 15 is 0 Å². The zero-order chi connectivity index (χ0) is 14.4. The van der Waals surface area contributed by atoms with Gasteiger partial charge in [-0.05, 0) is 26.2 Å². The summed E-state index contributed by atoms with van der Waals surface area (Å²) in [6, 6.07) is 0.165. The van der Waals surface area contributed by atoms with Crippen molar-refractivity contribution in [3.8, 4) is 0 Å². The Bertz CT molecular complexity index is 308. The maximum absolute atomic E-state index is 11.8. The molecule has 0 spiro atoms. The molecule has 1 saturated heterocycles. The second-order valence-electron chi connectivity index (χ2n) is 5.71. The molecule has 1 aliphatic heterocycles. The molecule has 1 atom stereocenters. The van der Waals surface area contributed by atoms with Crippen molar-refractivity contribution in [3.05, 3.63) is 0 Å². The van der Waals surface area contributed by atoms with Gasteiger partial charge in [0.2, 0.25) is 11.8 Å². The Balaban J connectivity index is 2.26. The van der Waals surface area contributed by atoms with Crippen molar-refractivity contribution < 1.29 is 14.7 Å². The minimum atomic E-state index is -0.434. The molecule has 2 N–H and O–H groups in total. The molecule has 0 radical (unpaired) electrons. The third-order valence-electron chi connectivity index (χ3n) is 3.45. The van der Waals surface area contributed by atoms with Crippen LogP contribution in [0.25, 0.3) is 0 Å². The normalized spacial score (nSPS) is 18.5. The average molecular weight is 270 g/mol. The van der Waals surface area contributed by atoms with Gasteiger partial charge < -0.3 is 15.3 Å². The molecule has 110 valence electrons. The van der Waals surface area contributed by atoms with Crippen LogP contribution in [0.3, 0.4) is 0 Å². The molecule has 1 aliphatic rings. The van der Waals surface area contributed by atoms with Gasteiger partial charge in [0.1, 0.15) is 0 Å². The standard InChI is InChI=1S/C14H26N2O3/c1-10(2)14(19)16-8-6-12(7-9-16)15-13(18)5-4-11(3)17/h10-12,17H,4-9H2,1-3H3,(H,15,18). The van der Waals surface area contributed by atoms with E-state index < -0.39 is 6.10 Å². The van der Waals surface area contributed by atoms with E-state index in [1.807, 2.05) is 18.7 Å². The number of nitrogens with one attached hydrogen (secondary N) is 1. The van der Waals surface area contributed by atoms with Crippen LogP contribution in [-0.2, 0) is 9.59 Å². The zero-order valence-corrected chi connectivity index (χ0v) is 12.2. The molecule has 0 aromatic carbocycles. The summed E-state index contributed by atoms with van der Waals surface area (Å²) < 4.78 is 0. The minimum Gasteiger partial charge on any atom is -0.393 e. The predicted molar refractivity (Wildman–Crippen MR) is 73.5 cm³/mol. The summed E-state index contributed by atoms with van der Waals surface area (Å²) in [4.78, 5) is 25.3. The van der Waals surface area contributed by atoms with Gasteiger partial charge in [0.15, 0.2) is 0 Å². The van der Waals surface area contributed by atoms with Gasteiger partial charge in [-0.15, -0.1) is 0 Å². The van der Waals surface area contributed by atoms with Crippen molar-refractivity contribution in [2.75, 3.05) is 13.1 Å². The van der Waals surface area contributed by atoms with Gasteiger partial charge in [-0.3, -0.25) is 9.59 Å². The molecule has 0 saturated carbocycles. The van der Waals surface area contributed by atoms with Crippen LogP contribution in [0.4, 0.5) is 0 Å². The SMILES string of the molecule is CC(O)CCC(=O)NC1CCN(C(=O)C(C)C)CC1. The Morgan fingerprint density at radius 2 is 1.84 bits per heavy atom. The van der Waals surface area contributed by atoms with Crippen LogP contribution in [0.5, 0.6) is 0 Å². The van der Waals surface area contributed by atoms with Crippen LogP contribution < -0.4 is 5.32 Å². The largest absolute Gasteiger partial charge is 0.393 e. The fourth-order valence-electron chi connectivity index (χ4n) is 2.25. The van der Waals surface area contributed by atoms with Crippen molar-refractivity contribution in [2.24, 2.45) is 5.92 Å². The predicted octanol–water partition coefficient (Wildman–Crippen LogP) is 0.911. The summed E-state index contributed by atoms with van der Waals surface area (Å²) in [6.07, 6.45) is 2.06. The van der Waals surface area contributed by atoms with Crippen LogP contribution in [0.15, 0.2) is 0 Å². The molecule has 19 heavy (non-hydrogen) atoms. The molecule has 5 nitrogen and oxygen atoms in total. The van der Waals surface area contributed by atoms with Gasteiger partial charge in [0.25, 0.3) is 0 Å². The van der Waals surface area contributed by atoms with Crippen molar-refractivity contribution in [1.82, 2.24) is 10.2 Å². The van der Waals surface area contributed by atoms with Gasteiger partial charge in [-0.2, -0.15) is 0 Å². The van der Waals surface area contributed by atoms with E-state index in [1.165, 1.54) is 0 Å². The molecule has 1 unspecified atom stereocenters. The highest BCUT2D eigenvalue weighted by atomic mass is 16.3. The molecule has 5 heteroatoms. The lowest BCUT2D eigenvalue weighted by Crippen LogP contribution is -2.47. The Labute approximate surface area is 115 Å². The lowest BCUT2D eigenvalue weighted by molar-refractivity contribution is -0.135.